The molecule has 3 aromatic rings. The largest absolute Gasteiger partial charge is 0.440 e. The van der Waals surface area contributed by atoms with Crippen molar-refractivity contribution in [3.63, 3.8) is 0 Å². The summed E-state index contributed by atoms with van der Waals surface area (Å²) in [4.78, 5) is 16.2. The second kappa shape index (κ2) is 6.87. The number of hydrogen-bond acceptors (Lipinski definition) is 3. The summed E-state index contributed by atoms with van der Waals surface area (Å²) in [5.74, 6) is 0.757. The molecule has 4 nitrogen and oxygen atoms in total. The Hall–Kier alpha value is -2.62. The van der Waals surface area contributed by atoms with Crippen LogP contribution in [0.15, 0.2) is 40.8 Å². The molecule has 4 heteroatoms. The molecule has 0 saturated carbocycles. The third kappa shape index (κ3) is 3.65. The van der Waals surface area contributed by atoms with Crippen molar-refractivity contribution in [2.45, 2.75) is 40.0 Å². The topological polar surface area (TPSA) is 55.1 Å². The first-order valence-electron chi connectivity index (χ1n) is 8.30. The molecule has 0 atom stereocenters. The molecule has 0 bridgehead atoms. The Balaban J connectivity index is 1.73. The number of nitrogens with one attached hydrogen (secondary N) is 1. The van der Waals surface area contributed by atoms with Gasteiger partial charge in [0.2, 0.25) is 5.91 Å². The lowest BCUT2D eigenvalue weighted by atomic mass is 10.1. The van der Waals surface area contributed by atoms with Gasteiger partial charge < -0.3 is 9.73 Å². The number of oxazole rings is 1. The van der Waals surface area contributed by atoms with Gasteiger partial charge in [0.25, 0.3) is 0 Å². The van der Waals surface area contributed by atoms with E-state index >= 15 is 0 Å². The molecular weight excluding hydrogens is 300 g/mol. The molecule has 1 amide bonds. The zero-order chi connectivity index (χ0) is 17.1. The number of amides is 1. The normalized spacial score (nSPS) is 11.0. The highest BCUT2D eigenvalue weighted by atomic mass is 16.3. The first-order valence-corrected chi connectivity index (χ1v) is 8.30. The number of carbonyl (C=O) groups is 1. The molecule has 24 heavy (non-hydrogen) atoms. The summed E-state index contributed by atoms with van der Waals surface area (Å²) in [5.41, 5.74) is 6.07. The summed E-state index contributed by atoms with van der Waals surface area (Å²) in [7, 11) is 0. The summed E-state index contributed by atoms with van der Waals surface area (Å²) >= 11 is 0. The lowest BCUT2D eigenvalue weighted by molar-refractivity contribution is -0.116. The first kappa shape index (κ1) is 16.2. The number of fused-ring (bicyclic) bond motifs is 1. The number of nitrogens with zero attached hydrogens (tertiary/aromatic N) is 1. The van der Waals surface area contributed by atoms with Crippen LogP contribution in [-0.4, -0.2) is 10.9 Å². The van der Waals surface area contributed by atoms with Crippen molar-refractivity contribution in [2.75, 3.05) is 5.32 Å². The molecule has 2 aromatic carbocycles. The van der Waals surface area contributed by atoms with Crippen molar-refractivity contribution in [1.82, 2.24) is 4.98 Å². The van der Waals surface area contributed by atoms with Crippen LogP contribution in [0.2, 0.25) is 0 Å². The number of benzene rings is 2. The number of anilines is 1. The number of carbonyl (C=O) groups excluding carboxylic acids is 1. The van der Waals surface area contributed by atoms with E-state index in [0.717, 1.165) is 28.8 Å². The molecule has 0 aliphatic carbocycles. The van der Waals surface area contributed by atoms with Gasteiger partial charge in [-0.15, -0.1) is 0 Å². The van der Waals surface area contributed by atoms with Gasteiger partial charge in [-0.3, -0.25) is 4.79 Å². The van der Waals surface area contributed by atoms with Crippen molar-refractivity contribution in [1.29, 1.82) is 0 Å². The second-order valence-electron chi connectivity index (χ2n) is 6.18. The van der Waals surface area contributed by atoms with Crippen LogP contribution < -0.4 is 5.32 Å². The minimum atomic E-state index is 0.0509. The van der Waals surface area contributed by atoms with Crippen LogP contribution in [0.25, 0.3) is 11.1 Å². The van der Waals surface area contributed by atoms with Gasteiger partial charge in [-0.05, 0) is 61.2 Å². The summed E-state index contributed by atoms with van der Waals surface area (Å²) < 4.78 is 5.85. The van der Waals surface area contributed by atoms with Gasteiger partial charge in [0.1, 0.15) is 5.52 Å². The van der Waals surface area contributed by atoms with E-state index in [1.54, 1.807) is 0 Å². The number of rotatable bonds is 5. The summed E-state index contributed by atoms with van der Waals surface area (Å²) in [6.45, 7) is 6.14. The van der Waals surface area contributed by atoms with Crippen LogP contribution in [0.5, 0.6) is 0 Å². The average molecular weight is 322 g/mol. The van der Waals surface area contributed by atoms with Crippen molar-refractivity contribution in [3.8, 4) is 0 Å². The van der Waals surface area contributed by atoms with E-state index in [2.05, 4.69) is 30.2 Å². The molecule has 124 valence electrons. The molecule has 1 aromatic heterocycles. The van der Waals surface area contributed by atoms with Crippen LogP contribution in [0.1, 0.15) is 42.3 Å². The monoisotopic (exact) mass is 322 g/mol. The molecule has 1 heterocycles. The summed E-state index contributed by atoms with van der Waals surface area (Å²) in [6.07, 6.45) is 2.03. The van der Waals surface area contributed by atoms with Gasteiger partial charge in [0, 0.05) is 18.5 Å². The smallest absolute Gasteiger partial charge is 0.224 e. The zero-order valence-corrected chi connectivity index (χ0v) is 14.3. The Bertz CT molecular complexity index is 824. The Kier molecular flexibility index (Phi) is 4.65. The van der Waals surface area contributed by atoms with Gasteiger partial charge in [0.15, 0.2) is 11.5 Å². The second-order valence-corrected chi connectivity index (χ2v) is 6.18. The first-order chi connectivity index (χ1) is 11.5. The van der Waals surface area contributed by atoms with Gasteiger partial charge in [-0.1, -0.05) is 19.1 Å². The Morgan fingerprint density at radius 1 is 1.12 bits per heavy atom. The van der Waals surface area contributed by atoms with E-state index in [1.165, 1.54) is 11.1 Å². The highest BCUT2D eigenvalue weighted by Gasteiger charge is 2.09. The van der Waals surface area contributed by atoms with Crippen LogP contribution >= 0.6 is 0 Å². The van der Waals surface area contributed by atoms with Gasteiger partial charge in [0.05, 0.1) is 0 Å². The molecule has 0 spiro atoms. The molecule has 0 fully saturated rings. The molecular formula is C20H22N2O2. The molecule has 0 radical (unpaired) electrons. The van der Waals surface area contributed by atoms with Crippen LogP contribution in [-0.2, 0) is 11.2 Å². The molecule has 0 saturated heterocycles. The predicted octanol–water partition coefficient (Wildman–Crippen LogP) is 4.77. The fourth-order valence-electron chi connectivity index (χ4n) is 2.63. The minimum Gasteiger partial charge on any atom is -0.440 e. The van der Waals surface area contributed by atoms with Crippen LogP contribution in [0, 0.1) is 13.8 Å². The minimum absolute atomic E-state index is 0.0509. The van der Waals surface area contributed by atoms with Gasteiger partial charge in [-0.2, -0.15) is 0 Å². The molecule has 3 rings (SSSR count). The fourth-order valence-corrected chi connectivity index (χ4v) is 2.63. The lowest BCUT2D eigenvalue weighted by Crippen LogP contribution is -2.10. The van der Waals surface area contributed by atoms with E-state index in [0.29, 0.717) is 18.7 Å². The van der Waals surface area contributed by atoms with E-state index in [4.69, 9.17) is 4.42 Å². The number of aromatic nitrogens is 1. The maximum atomic E-state index is 11.6. The summed E-state index contributed by atoms with van der Waals surface area (Å²) in [5, 5.41) is 2.89. The Morgan fingerprint density at radius 2 is 1.83 bits per heavy atom. The molecule has 0 aliphatic rings. The lowest BCUT2D eigenvalue weighted by Gasteiger charge is -2.05. The molecule has 0 aliphatic heterocycles. The van der Waals surface area contributed by atoms with E-state index in [1.807, 2.05) is 37.3 Å². The van der Waals surface area contributed by atoms with Crippen LogP contribution in [0.3, 0.4) is 0 Å². The van der Waals surface area contributed by atoms with Crippen LogP contribution in [0.4, 0.5) is 5.69 Å². The van der Waals surface area contributed by atoms with Gasteiger partial charge >= 0.3 is 0 Å². The third-order valence-corrected chi connectivity index (χ3v) is 4.12. The zero-order valence-electron chi connectivity index (χ0n) is 14.3. The molecule has 0 unspecified atom stereocenters. The van der Waals surface area contributed by atoms with E-state index in [9.17, 15) is 4.79 Å². The van der Waals surface area contributed by atoms with Crippen molar-refractivity contribution < 1.29 is 9.21 Å². The number of aryl methyl sites for hydroxylation is 2. The average Bonchev–Trinajstić information content (AvgIpc) is 2.91. The number of hydrogen-bond donors (Lipinski definition) is 1. The Morgan fingerprint density at radius 3 is 2.54 bits per heavy atom. The van der Waals surface area contributed by atoms with Crippen molar-refractivity contribution >= 4 is 22.7 Å². The van der Waals surface area contributed by atoms with Crippen molar-refractivity contribution in [2.24, 2.45) is 0 Å². The van der Waals surface area contributed by atoms with Crippen molar-refractivity contribution in [3.05, 3.63) is 59.0 Å². The standard InChI is InChI=1S/C20H22N2O2/c1-4-5-19(23)21-16-8-6-15(7-9-16)12-20-22-17-10-13(2)14(3)11-18(17)24-20/h6-11H,4-5,12H2,1-3H3,(H,21,23). The maximum Gasteiger partial charge on any atom is 0.224 e. The predicted molar refractivity (Wildman–Crippen MR) is 96.3 cm³/mol. The highest BCUT2D eigenvalue weighted by Crippen LogP contribution is 2.22. The highest BCUT2D eigenvalue weighted by molar-refractivity contribution is 5.90. The Labute approximate surface area is 141 Å². The van der Waals surface area contributed by atoms with E-state index in [-0.39, 0.29) is 5.91 Å². The van der Waals surface area contributed by atoms with E-state index < -0.39 is 0 Å². The van der Waals surface area contributed by atoms with Gasteiger partial charge in [-0.25, -0.2) is 4.98 Å². The third-order valence-electron chi connectivity index (χ3n) is 4.12. The maximum absolute atomic E-state index is 11.6. The molecule has 1 N–H and O–H groups in total. The quantitative estimate of drug-likeness (QED) is 0.736. The summed E-state index contributed by atoms with van der Waals surface area (Å²) in [6, 6.07) is 11.9. The fraction of sp³-hybridized carbons (Fsp3) is 0.300. The SMILES string of the molecule is CCCC(=O)Nc1ccc(Cc2nc3cc(C)c(C)cc3o2)cc1.